The van der Waals surface area contributed by atoms with E-state index in [4.69, 9.17) is 4.74 Å². The van der Waals surface area contributed by atoms with Crippen molar-refractivity contribution in [1.82, 2.24) is 10.6 Å². The van der Waals surface area contributed by atoms with Crippen LogP contribution in [0.25, 0.3) is 0 Å². The lowest BCUT2D eigenvalue weighted by atomic mass is 9.57. The summed E-state index contributed by atoms with van der Waals surface area (Å²) in [5.41, 5.74) is 0.100. The summed E-state index contributed by atoms with van der Waals surface area (Å²) in [5.74, 6) is 0.953. The molecular weight excluding hydrogens is 252 g/mol. The molecule has 5 heteroatoms. The van der Waals surface area contributed by atoms with Crippen molar-refractivity contribution in [3.05, 3.63) is 0 Å². The molecule has 4 unspecified atom stereocenters. The van der Waals surface area contributed by atoms with Gasteiger partial charge >= 0.3 is 0 Å². The molecule has 1 amide bonds. The zero-order chi connectivity index (χ0) is 12.0. The Bertz CT molecular complexity index is 329. The Morgan fingerprint density at radius 3 is 2.83 bits per heavy atom. The minimum atomic E-state index is 0. The molecule has 0 aromatic rings. The van der Waals surface area contributed by atoms with E-state index in [0.717, 1.165) is 32.5 Å². The third-order valence-corrected chi connectivity index (χ3v) is 4.83. The van der Waals surface area contributed by atoms with Crippen molar-refractivity contribution in [2.75, 3.05) is 19.7 Å². The summed E-state index contributed by atoms with van der Waals surface area (Å²) < 4.78 is 5.74. The van der Waals surface area contributed by atoms with Crippen LogP contribution in [0.5, 0.6) is 0 Å². The Labute approximate surface area is 115 Å². The Morgan fingerprint density at radius 2 is 2.17 bits per heavy atom. The maximum atomic E-state index is 12.1. The highest BCUT2D eigenvalue weighted by molar-refractivity contribution is 5.85. The molecule has 3 aliphatic rings. The van der Waals surface area contributed by atoms with Gasteiger partial charge < -0.3 is 15.4 Å². The average Bonchev–Trinajstić information content (AvgIpc) is 2.95. The van der Waals surface area contributed by atoms with Gasteiger partial charge in [-0.2, -0.15) is 0 Å². The minimum Gasteiger partial charge on any atom is -0.377 e. The first-order valence-electron chi connectivity index (χ1n) is 6.73. The normalized spacial score (nSPS) is 40.6. The van der Waals surface area contributed by atoms with Gasteiger partial charge in [-0.05, 0) is 19.4 Å². The lowest BCUT2D eigenvalue weighted by molar-refractivity contribution is -0.140. The van der Waals surface area contributed by atoms with E-state index < -0.39 is 0 Å². The summed E-state index contributed by atoms with van der Waals surface area (Å²) in [6.45, 7) is 7.08. The third-order valence-electron chi connectivity index (χ3n) is 4.83. The zero-order valence-electron chi connectivity index (χ0n) is 11.1. The van der Waals surface area contributed by atoms with Gasteiger partial charge in [-0.1, -0.05) is 13.8 Å². The second-order valence-electron chi connectivity index (χ2n) is 6.24. The second-order valence-corrected chi connectivity index (χ2v) is 6.24. The van der Waals surface area contributed by atoms with Crippen molar-refractivity contribution >= 4 is 18.3 Å². The molecule has 0 bridgehead atoms. The molecule has 2 heterocycles. The minimum absolute atomic E-state index is 0. The van der Waals surface area contributed by atoms with Gasteiger partial charge in [-0.3, -0.25) is 4.79 Å². The Balaban J connectivity index is 0.00000120. The van der Waals surface area contributed by atoms with Crippen molar-refractivity contribution in [3.63, 3.8) is 0 Å². The number of ether oxygens (including phenoxy) is 1. The van der Waals surface area contributed by atoms with E-state index in [9.17, 15) is 4.79 Å². The Morgan fingerprint density at radius 1 is 1.39 bits per heavy atom. The van der Waals surface area contributed by atoms with Gasteiger partial charge in [0.1, 0.15) is 0 Å². The van der Waals surface area contributed by atoms with Crippen LogP contribution >= 0.6 is 12.4 Å². The molecule has 1 aliphatic carbocycles. The number of nitrogens with one attached hydrogen (secondary N) is 2. The number of fused-ring (bicyclic) bond motifs is 1. The monoisotopic (exact) mass is 274 g/mol. The summed E-state index contributed by atoms with van der Waals surface area (Å²) >= 11 is 0. The fraction of sp³-hybridized carbons (Fsp3) is 0.923. The molecule has 2 saturated heterocycles. The predicted molar refractivity (Wildman–Crippen MR) is 71.8 cm³/mol. The standard InChI is InChI=1S/C13H22N2O2.ClH/c1-13(2)10(9-4-6-17-11(9)13)15-12(16)8-3-5-14-7-8;/h8-11,14H,3-7H2,1-2H3,(H,15,16);1H. The van der Waals surface area contributed by atoms with E-state index in [-0.39, 0.29) is 29.6 Å². The Hall–Kier alpha value is -0.320. The molecule has 104 valence electrons. The third kappa shape index (κ3) is 2.04. The quantitative estimate of drug-likeness (QED) is 0.788. The van der Waals surface area contributed by atoms with E-state index in [1.165, 1.54) is 0 Å². The number of rotatable bonds is 2. The van der Waals surface area contributed by atoms with E-state index in [0.29, 0.717) is 18.1 Å². The molecule has 1 saturated carbocycles. The largest absolute Gasteiger partial charge is 0.377 e. The van der Waals surface area contributed by atoms with Crippen LogP contribution in [0.1, 0.15) is 26.7 Å². The SMILES string of the molecule is CC1(C)C(NC(=O)C2CCNC2)C2CCOC21.Cl. The van der Waals surface area contributed by atoms with Gasteiger partial charge in [0, 0.05) is 30.5 Å². The van der Waals surface area contributed by atoms with Crippen molar-refractivity contribution in [2.24, 2.45) is 17.3 Å². The summed E-state index contributed by atoms with van der Waals surface area (Å²) in [5, 5.41) is 6.51. The van der Waals surface area contributed by atoms with Gasteiger partial charge in [-0.15, -0.1) is 12.4 Å². The van der Waals surface area contributed by atoms with Gasteiger partial charge in [0.25, 0.3) is 0 Å². The lowest BCUT2D eigenvalue weighted by Crippen LogP contribution is -2.67. The maximum Gasteiger partial charge on any atom is 0.224 e. The number of halogens is 1. The molecule has 18 heavy (non-hydrogen) atoms. The van der Waals surface area contributed by atoms with Crippen LogP contribution in [-0.4, -0.2) is 37.7 Å². The van der Waals surface area contributed by atoms with Crippen LogP contribution in [-0.2, 0) is 9.53 Å². The molecule has 2 N–H and O–H groups in total. The second kappa shape index (κ2) is 4.99. The highest BCUT2D eigenvalue weighted by atomic mass is 35.5. The lowest BCUT2D eigenvalue weighted by Gasteiger charge is -2.54. The first-order valence-corrected chi connectivity index (χ1v) is 6.73. The van der Waals surface area contributed by atoms with Gasteiger partial charge in [0.15, 0.2) is 0 Å². The van der Waals surface area contributed by atoms with Crippen LogP contribution < -0.4 is 10.6 Å². The van der Waals surface area contributed by atoms with Crippen molar-refractivity contribution in [3.8, 4) is 0 Å². The molecule has 4 nitrogen and oxygen atoms in total. The highest BCUT2D eigenvalue weighted by Crippen LogP contribution is 2.52. The summed E-state index contributed by atoms with van der Waals surface area (Å²) in [6.07, 6.45) is 2.43. The van der Waals surface area contributed by atoms with Crippen molar-refractivity contribution in [1.29, 1.82) is 0 Å². The van der Waals surface area contributed by atoms with E-state index in [1.54, 1.807) is 0 Å². The van der Waals surface area contributed by atoms with Crippen molar-refractivity contribution in [2.45, 2.75) is 38.8 Å². The van der Waals surface area contributed by atoms with Gasteiger partial charge in [-0.25, -0.2) is 0 Å². The molecule has 0 spiro atoms. The number of hydrogen-bond acceptors (Lipinski definition) is 3. The van der Waals surface area contributed by atoms with Crippen molar-refractivity contribution < 1.29 is 9.53 Å². The van der Waals surface area contributed by atoms with Crippen LogP contribution in [0.2, 0.25) is 0 Å². The van der Waals surface area contributed by atoms with Crippen LogP contribution in [0.4, 0.5) is 0 Å². The van der Waals surface area contributed by atoms with Crippen LogP contribution in [0, 0.1) is 17.3 Å². The zero-order valence-corrected chi connectivity index (χ0v) is 11.9. The fourth-order valence-corrected chi connectivity index (χ4v) is 3.77. The molecule has 2 aliphatic heterocycles. The molecule has 3 rings (SSSR count). The first-order chi connectivity index (χ1) is 8.10. The van der Waals surface area contributed by atoms with Gasteiger partial charge in [0.2, 0.25) is 5.91 Å². The smallest absolute Gasteiger partial charge is 0.224 e. The summed E-state index contributed by atoms with van der Waals surface area (Å²) in [7, 11) is 0. The maximum absolute atomic E-state index is 12.1. The van der Waals surface area contributed by atoms with Gasteiger partial charge in [0.05, 0.1) is 12.0 Å². The predicted octanol–water partition coefficient (Wildman–Crippen LogP) is 0.947. The summed E-state index contributed by atoms with van der Waals surface area (Å²) in [4.78, 5) is 12.1. The molecule has 3 fully saturated rings. The average molecular weight is 275 g/mol. The fourth-order valence-electron chi connectivity index (χ4n) is 3.77. The molecular formula is C13H23ClN2O2. The van der Waals surface area contributed by atoms with Crippen LogP contribution in [0.15, 0.2) is 0 Å². The highest BCUT2D eigenvalue weighted by Gasteiger charge is 2.59. The number of hydrogen-bond donors (Lipinski definition) is 2. The molecule has 4 atom stereocenters. The molecule has 0 radical (unpaired) electrons. The molecule has 0 aromatic carbocycles. The van der Waals surface area contributed by atoms with E-state index >= 15 is 0 Å². The number of carbonyl (C=O) groups is 1. The topological polar surface area (TPSA) is 50.4 Å². The summed E-state index contributed by atoms with van der Waals surface area (Å²) in [6, 6.07) is 0.308. The van der Waals surface area contributed by atoms with E-state index in [1.807, 2.05) is 0 Å². The van der Waals surface area contributed by atoms with E-state index in [2.05, 4.69) is 24.5 Å². The van der Waals surface area contributed by atoms with Crippen LogP contribution in [0.3, 0.4) is 0 Å². The number of amides is 1. The number of carbonyl (C=O) groups excluding carboxylic acids is 1. The first kappa shape index (κ1) is 14.1. The Kier molecular flexibility index (Phi) is 3.90. The molecule has 0 aromatic heterocycles.